The summed E-state index contributed by atoms with van der Waals surface area (Å²) in [6.45, 7) is 7.90. The highest BCUT2D eigenvalue weighted by Crippen LogP contribution is 2.12. The number of rotatable bonds is 4. The molecule has 16 heavy (non-hydrogen) atoms. The Labute approximate surface area is 103 Å². The van der Waals surface area contributed by atoms with E-state index in [0.717, 1.165) is 32.0 Å². The number of aromatic nitrogens is 2. The summed E-state index contributed by atoms with van der Waals surface area (Å²) in [5, 5.41) is 10.6. The first-order valence-electron chi connectivity index (χ1n) is 5.56. The molecule has 1 aromatic heterocycles. The van der Waals surface area contributed by atoms with E-state index >= 15 is 0 Å². The van der Waals surface area contributed by atoms with E-state index in [4.69, 9.17) is 4.74 Å². The number of halogens is 1. The second kappa shape index (κ2) is 6.23. The van der Waals surface area contributed by atoms with Crippen LogP contribution >= 0.6 is 12.4 Å². The van der Waals surface area contributed by atoms with Gasteiger partial charge in [-0.2, -0.15) is 5.10 Å². The maximum Gasteiger partial charge on any atom is 0.0638 e. The summed E-state index contributed by atoms with van der Waals surface area (Å²) in [6.07, 6.45) is 1.19. The van der Waals surface area contributed by atoms with E-state index in [9.17, 15) is 0 Å². The summed E-state index contributed by atoms with van der Waals surface area (Å²) in [6, 6.07) is 0. The maximum atomic E-state index is 5.33. The van der Waals surface area contributed by atoms with E-state index < -0.39 is 0 Å². The molecule has 5 heteroatoms. The molecule has 2 heterocycles. The molecule has 2 N–H and O–H groups in total. The summed E-state index contributed by atoms with van der Waals surface area (Å²) in [7, 11) is 0. The second-order valence-electron chi connectivity index (χ2n) is 4.27. The molecule has 1 saturated heterocycles. The quantitative estimate of drug-likeness (QED) is 0.847. The molecule has 1 unspecified atom stereocenters. The van der Waals surface area contributed by atoms with Gasteiger partial charge in [0, 0.05) is 31.0 Å². The fraction of sp³-hybridized carbons (Fsp3) is 0.727. The third-order valence-corrected chi connectivity index (χ3v) is 3.04. The Morgan fingerprint density at radius 3 is 2.88 bits per heavy atom. The van der Waals surface area contributed by atoms with E-state index in [2.05, 4.69) is 22.4 Å². The van der Waals surface area contributed by atoms with Crippen LogP contribution < -0.4 is 5.32 Å². The van der Waals surface area contributed by atoms with Crippen molar-refractivity contribution in [3.8, 4) is 0 Å². The number of nitrogens with zero attached hydrogens (tertiary/aromatic N) is 1. The molecule has 0 saturated carbocycles. The van der Waals surface area contributed by atoms with Gasteiger partial charge < -0.3 is 10.1 Å². The molecule has 1 aliphatic heterocycles. The van der Waals surface area contributed by atoms with Crippen molar-refractivity contribution in [3.05, 3.63) is 17.0 Å². The predicted molar refractivity (Wildman–Crippen MR) is 65.9 cm³/mol. The fourth-order valence-electron chi connectivity index (χ4n) is 1.98. The zero-order valence-electron chi connectivity index (χ0n) is 9.88. The highest BCUT2D eigenvalue weighted by Gasteiger charge is 2.15. The van der Waals surface area contributed by atoms with E-state index in [-0.39, 0.29) is 12.4 Å². The molecular formula is C11H20ClN3O. The van der Waals surface area contributed by atoms with Crippen molar-refractivity contribution in [2.24, 2.45) is 5.92 Å². The van der Waals surface area contributed by atoms with Gasteiger partial charge in [-0.15, -0.1) is 12.4 Å². The van der Waals surface area contributed by atoms with E-state index in [0.29, 0.717) is 5.92 Å². The van der Waals surface area contributed by atoms with E-state index in [1.54, 1.807) is 0 Å². The monoisotopic (exact) mass is 245 g/mol. The smallest absolute Gasteiger partial charge is 0.0638 e. The van der Waals surface area contributed by atoms with Gasteiger partial charge in [0.05, 0.1) is 12.3 Å². The summed E-state index contributed by atoms with van der Waals surface area (Å²) in [5.74, 6) is 0.692. The molecule has 0 aromatic carbocycles. The Balaban J connectivity index is 0.00000128. The van der Waals surface area contributed by atoms with Gasteiger partial charge in [0.25, 0.3) is 0 Å². The Bertz CT molecular complexity index is 302. The minimum absolute atomic E-state index is 0. The van der Waals surface area contributed by atoms with Crippen LogP contribution in [0.2, 0.25) is 0 Å². The molecule has 1 fully saturated rings. The van der Waals surface area contributed by atoms with Crippen molar-refractivity contribution < 1.29 is 4.74 Å². The lowest BCUT2D eigenvalue weighted by atomic mass is 10.1. The first-order chi connectivity index (χ1) is 7.27. The number of H-pyrrole nitrogens is 1. The molecule has 0 aliphatic carbocycles. The number of ether oxygens (including phenoxy) is 1. The lowest BCUT2D eigenvalue weighted by Crippen LogP contribution is -2.23. The van der Waals surface area contributed by atoms with Gasteiger partial charge >= 0.3 is 0 Å². The number of nitrogens with one attached hydrogen (secondary N) is 2. The molecule has 0 amide bonds. The lowest BCUT2D eigenvalue weighted by molar-refractivity contribution is 0.185. The summed E-state index contributed by atoms with van der Waals surface area (Å²) >= 11 is 0. The number of hydrogen-bond acceptors (Lipinski definition) is 3. The van der Waals surface area contributed by atoms with Crippen LogP contribution in [0.25, 0.3) is 0 Å². The molecule has 4 nitrogen and oxygen atoms in total. The lowest BCUT2D eigenvalue weighted by Gasteiger charge is -2.09. The minimum atomic E-state index is 0. The largest absolute Gasteiger partial charge is 0.381 e. The topological polar surface area (TPSA) is 49.9 Å². The highest BCUT2D eigenvalue weighted by molar-refractivity contribution is 5.85. The summed E-state index contributed by atoms with van der Waals surface area (Å²) in [5.41, 5.74) is 3.57. The summed E-state index contributed by atoms with van der Waals surface area (Å²) < 4.78 is 5.33. The van der Waals surface area contributed by atoms with E-state index in [1.807, 2.05) is 6.92 Å². The third kappa shape index (κ3) is 3.20. The summed E-state index contributed by atoms with van der Waals surface area (Å²) in [4.78, 5) is 0. The van der Waals surface area contributed by atoms with Crippen LogP contribution in [0, 0.1) is 19.8 Å². The van der Waals surface area contributed by atoms with Gasteiger partial charge in [-0.1, -0.05) is 0 Å². The average Bonchev–Trinajstić information content (AvgIpc) is 2.82. The Morgan fingerprint density at radius 1 is 1.50 bits per heavy atom. The van der Waals surface area contributed by atoms with Crippen LogP contribution in [0.4, 0.5) is 0 Å². The molecule has 1 atom stereocenters. The highest BCUT2D eigenvalue weighted by atomic mass is 35.5. The van der Waals surface area contributed by atoms with Gasteiger partial charge in [0.1, 0.15) is 0 Å². The van der Waals surface area contributed by atoms with Gasteiger partial charge in [-0.25, -0.2) is 0 Å². The van der Waals surface area contributed by atoms with Crippen molar-refractivity contribution in [2.45, 2.75) is 26.8 Å². The normalized spacial score (nSPS) is 19.8. The van der Waals surface area contributed by atoms with Crippen LogP contribution in [0.15, 0.2) is 0 Å². The van der Waals surface area contributed by atoms with Gasteiger partial charge in [-0.3, -0.25) is 5.10 Å². The van der Waals surface area contributed by atoms with Crippen molar-refractivity contribution >= 4 is 12.4 Å². The maximum absolute atomic E-state index is 5.33. The Morgan fingerprint density at radius 2 is 2.31 bits per heavy atom. The van der Waals surface area contributed by atoms with Crippen LogP contribution in [-0.2, 0) is 11.3 Å². The Kier molecular flexibility index (Phi) is 5.25. The molecular weight excluding hydrogens is 226 g/mol. The standard InChI is InChI=1S/C11H19N3O.ClH/c1-8-11(9(2)14-13-8)6-12-5-10-3-4-15-7-10;/h10,12H,3-7H2,1-2H3,(H,13,14);1H. The number of aryl methyl sites for hydroxylation is 2. The van der Waals surface area contributed by atoms with Gasteiger partial charge in [0.15, 0.2) is 0 Å². The van der Waals surface area contributed by atoms with Crippen molar-refractivity contribution in [1.29, 1.82) is 0 Å². The van der Waals surface area contributed by atoms with Crippen LogP contribution in [-0.4, -0.2) is 30.0 Å². The number of hydrogen-bond donors (Lipinski definition) is 2. The molecule has 0 bridgehead atoms. The SMILES string of the molecule is Cc1n[nH]c(C)c1CNCC1CCOC1.Cl. The van der Waals surface area contributed by atoms with Crippen molar-refractivity contribution in [1.82, 2.24) is 15.5 Å². The third-order valence-electron chi connectivity index (χ3n) is 3.04. The molecule has 2 rings (SSSR count). The van der Waals surface area contributed by atoms with Crippen molar-refractivity contribution in [3.63, 3.8) is 0 Å². The molecule has 92 valence electrons. The Hall–Kier alpha value is -0.580. The zero-order chi connectivity index (χ0) is 10.7. The van der Waals surface area contributed by atoms with Gasteiger partial charge in [-0.05, 0) is 26.2 Å². The van der Waals surface area contributed by atoms with E-state index in [1.165, 1.54) is 17.7 Å². The van der Waals surface area contributed by atoms with Crippen LogP contribution in [0.5, 0.6) is 0 Å². The fourth-order valence-corrected chi connectivity index (χ4v) is 1.98. The number of aromatic amines is 1. The molecule has 0 radical (unpaired) electrons. The van der Waals surface area contributed by atoms with Crippen molar-refractivity contribution in [2.75, 3.05) is 19.8 Å². The predicted octanol–water partition coefficient (Wildman–Crippen LogP) is 1.57. The molecule has 0 spiro atoms. The molecule has 1 aliphatic rings. The molecule has 1 aromatic rings. The van der Waals surface area contributed by atoms with Gasteiger partial charge in [0.2, 0.25) is 0 Å². The second-order valence-corrected chi connectivity index (χ2v) is 4.27. The zero-order valence-corrected chi connectivity index (χ0v) is 10.7. The average molecular weight is 246 g/mol. The first-order valence-corrected chi connectivity index (χ1v) is 5.56. The van der Waals surface area contributed by atoms with Crippen LogP contribution in [0.3, 0.4) is 0 Å². The minimum Gasteiger partial charge on any atom is -0.381 e. The van der Waals surface area contributed by atoms with Crippen LogP contribution in [0.1, 0.15) is 23.4 Å². The first kappa shape index (κ1) is 13.5.